The van der Waals surface area contributed by atoms with Crippen LogP contribution in [-0.4, -0.2) is 47.2 Å². The van der Waals surface area contributed by atoms with Crippen LogP contribution in [-0.2, 0) is 0 Å². The van der Waals surface area contributed by atoms with E-state index in [0.717, 1.165) is 49.5 Å². The summed E-state index contributed by atoms with van der Waals surface area (Å²) >= 11 is 0. The van der Waals surface area contributed by atoms with Gasteiger partial charge in [0.05, 0.1) is 0 Å². The summed E-state index contributed by atoms with van der Waals surface area (Å²) in [6.45, 7) is 5.78. The fraction of sp³-hybridized carbons (Fsp3) is 0.550. The zero-order chi connectivity index (χ0) is 17.8. The SMILES string of the molecule is Cc1cc(NC2CCCCC2)nc(N2CCN(c3ccccn3)CC2)n1. The number of anilines is 3. The third-order valence-electron chi connectivity index (χ3n) is 5.34. The molecule has 138 valence electrons. The van der Waals surface area contributed by atoms with Crippen LogP contribution in [0.2, 0.25) is 0 Å². The minimum absolute atomic E-state index is 0.562. The van der Waals surface area contributed by atoms with E-state index in [1.54, 1.807) is 0 Å². The molecule has 2 aromatic rings. The highest BCUT2D eigenvalue weighted by Crippen LogP contribution is 2.23. The van der Waals surface area contributed by atoms with E-state index in [1.807, 2.05) is 18.3 Å². The largest absolute Gasteiger partial charge is 0.367 e. The molecule has 0 spiro atoms. The van der Waals surface area contributed by atoms with Gasteiger partial charge in [-0.15, -0.1) is 0 Å². The summed E-state index contributed by atoms with van der Waals surface area (Å²) in [5, 5.41) is 3.64. The van der Waals surface area contributed by atoms with Gasteiger partial charge in [0.15, 0.2) is 0 Å². The van der Waals surface area contributed by atoms with Gasteiger partial charge < -0.3 is 15.1 Å². The normalized spacial score (nSPS) is 18.8. The maximum atomic E-state index is 4.82. The predicted octanol–water partition coefficient (Wildman–Crippen LogP) is 3.25. The summed E-state index contributed by atoms with van der Waals surface area (Å²) in [6.07, 6.45) is 8.37. The van der Waals surface area contributed by atoms with Crippen molar-refractivity contribution in [1.29, 1.82) is 0 Å². The molecule has 1 saturated heterocycles. The van der Waals surface area contributed by atoms with Gasteiger partial charge in [-0.05, 0) is 31.9 Å². The van der Waals surface area contributed by atoms with Crippen molar-refractivity contribution in [3.8, 4) is 0 Å². The minimum atomic E-state index is 0.562. The van der Waals surface area contributed by atoms with Crippen LogP contribution in [0.1, 0.15) is 37.8 Å². The van der Waals surface area contributed by atoms with Crippen molar-refractivity contribution in [1.82, 2.24) is 15.0 Å². The molecule has 0 atom stereocenters. The lowest BCUT2D eigenvalue weighted by molar-refractivity contribution is 0.461. The molecule has 1 aliphatic heterocycles. The fourth-order valence-electron chi connectivity index (χ4n) is 3.90. The predicted molar refractivity (Wildman–Crippen MR) is 106 cm³/mol. The molecule has 0 bridgehead atoms. The quantitative estimate of drug-likeness (QED) is 0.911. The highest BCUT2D eigenvalue weighted by atomic mass is 15.3. The van der Waals surface area contributed by atoms with Crippen LogP contribution < -0.4 is 15.1 Å². The molecule has 0 aromatic carbocycles. The maximum absolute atomic E-state index is 4.82. The first-order valence-electron chi connectivity index (χ1n) is 9.81. The van der Waals surface area contributed by atoms with Gasteiger partial charge in [0, 0.05) is 50.2 Å². The molecule has 0 radical (unpaired) electrons. The molecule has 1 saturated carbocycles. The van der Waals surface area contributed by atoms with Gasteiger partial charge in [-0.1, -0.05) is 25.3 Å². The van der Waals surface area contributed by atoms with Crippen LogP contribution in [0.25, 0.3) is 0 Å². The molecule has 26 heavy (non-hydrogen) atoms. The van der Waals surface area contributed by atoms with Crippen LogP contribution in [0.3, 0.4) is 0 Å². The first-order valence-corrected chi connectivity index (χ1v) is 9.81. The second kappa shape index (κ2) is 7.89. The number of aromatic nitrogens is 3. The number of piperazine rings is 1. The highest BCUT2D eigenvalue weighted by molar-refractivity contribution is 5.46. The zero-order valence-electron chi connectivity index (χ0n) is 15.6. The van der Waals surface area contributed by atoms with E-state index in [0.29, 0.717) is 6.04 Å². The number of hydrogen-bond donors (Lipinski definition) is 1. The first-order chi connectivity index (χ1) is 12.8. The number of nitrogens with zero attached hydrogens (tertiary/aromatic N) is 5. The van der Waals surface area contributed by atoms with Crippen molar-refractivity contribution in [2.75, 3.05) is 41.3 Å². The lowest BCUT2D eigenvalue weighted by Gasteiger charge is -2.35. The molecule has 2 aliphatic rings. The topological polar surface area (TPSA) is 57.2 Å². The Bertz CT molecular complexity index is 705. The number of pyridine rings is 1. The standard InChI is InChI=1S/C20H28N6/c1-16-15-18(23-17-7-3-2-4-8-17)24-20(22-16)26-13-11-25(12-14-26)19-9-5-6-10-21-19/h5-6,9-10,15,17H,2-4,7-8,11-14H2,1H3,(H,22,23,24). The van der Waals surface area contributed by atoms with Gasteiger partial charge in [0.1, 0.15) is 11.6 Å². The third-order valence-corrected chi connectivity index (χ3v) is 5.34. The van der Waals surface area contributed by atoms with Crippen molar-refractivity contribution in [3.05, 3.63) is 36.2 Å². The summed E-state index contributed by atoms with van der Waals surface area (Å²) in [5.74, 6) is 2.88. The second-order valence-corrected chi connectivity index (χ2v) is 7.34. The highest BCUT2D eigenvalue weighted by Gasteiger charge is 2.21. The van der Waals surface area contributed by atoms with Gasteiger partial charge in [-0.3, -0.25) is 0 Å². The van der Waals surface area contributed by atoms with Crippen molar-refractivity contribution in [2.45, 2.75) is 45.1 Å². The molecular weight excluding hydrogens is 324 g/mol. The van der Waals surface area contributed by atoms with E-state index in [9.17, 15) is 0 Å². The molecule has 2 aromatic heterocycles. The summed E-state index contributed by atoms with van der Waals surface area (Å²) in [5.41, 5.74) is 1.03. The molecule has 4 rings (SSSR count). The maximum Gasteiger partial charge on any atom is 0.227 e. The average Bonchev–Trinajstić information content (AvgIpc) is 2.69. The van der Waals surface area contributed by atoms with E-state index in [-0.39, 0.29) is 0 Å². The number of nitrogens with one attached hydrogen (secondary N) is 1. The molecule has 0 amide bonds. The van der Waals surface area contributed by atoms with Crippen LogP contribution in [0.5, 0.6) is 0 Å². The van der Waals surface area contributed by atoms with Crippen molar-refractivity contribution < 1.29 is 0 Å². The van der Waals surface area contributed by atoms with Gasteiger partial charge in [-0.25, -0.2) is 9.97 Å². The van der Waals surface area contributed by atoms with Crippen LogP contribution >= 0.6 is 0 Å². The smallest absolute Gasteiger partial charge is 0.227 e. The molecule has 0 unspecified atom stereocenters. The fourth-order valence-corrected chi connectivity index (χ4v) is 3.90. The van der Waals surface area contributed by atoms with Crippen molar-refractivity contribution in [2.24, 2.45) is 0 Å². The Hall–Kier alpha value is -2.37. The Morgan fingerprint density at radius 2 is 1.73 bits per heavy atom. The van der Waals surface area contributed by atoms with Crippen molar-refractivity contribution in [3.63, 3.8) is 0 Å². The number of hydrogen-bond acceptors (Lipinski definition) is 6. The third kappa shape index (κ3) is 4.06. The minimum Gasteiger partial charge on any atom is -0.367 e. The Balaban J connectivity index is 1.41. The summed E-state index contributed by atoms with van der Waals surface area (Å²) in [6, 6.07) is 8.71. The first kappa shape index (κ1) is 17.1. The Morgan fingerprint density at radius 1 is 0.962 bits per heavy atom. The van der Waals surface area contributed by atoms with Gasteiger partial charge in [-0.2, -0.15) is 4.98 Å². The van der Waals surface area contributed by atoms with Crippen LogP contribution in [0.15, 0.2) is 30.5 Å². The number of rotatable bonds is 4. The zero-order valence-corrected chi connectivity index (χ0v) is 15.6. The molecule has 2 fully saturated rings. The lowest BCUT2D eigenvalue weighted by Crippen LogP contribution is -2.47. The average molecular weight is 352 g/mol. The second-order valence-electron chi connectivity index (χ2n) is 7.34. The molecule has 1 N–H and O–H groups in total. The van der Waals surface area contributed by atoms with E-state index < -0.39 is 0 Å². The number of aryl methyl sites for hydroxylation is 1. The molecule has 6 nitrogen and oxygen atoms in total. The summed E-state index contributed by atoms with van der Waals surface area (Å²) in [4.78, 5) is 18.6. The van der Waals surface area contributed by atoms with Gasteiger partial charge in [0.2, 0.25) is 5.95 Å². The van der Waals surface area contributed by atoms with E-state index in [1.165, 1.54) is 32.1 Å². The molecule has 1 aliphatic carbocycles. The van der Waals surface area contributed by atoms with E-state index in [4.69, 9.17) is 4.98 Å². The summed E-state index contributed by atoms with van der Waals surface area (Å²) < 4.78 is 0. The lowest BCUT2D eigenvalue weighted by atomic mass is 9.95. The van der Waals surface area contributed by atoms with E-state index in [2.05, 4.69) is 44.1 Å². The van der Waals surface area contributed by atoms with E-state index >= 15 is 0 Å². The Morgan fingerprint density at radius 3 is 2.46 bits per heavy atom. The van der Waals surface area contributed by atoms with Crippen molar-refractivity contribution >= 4 is 17.6 Å². The Labute approximate surface area is 155 Å². The molecule has 3 heterocycles. The molecular formula is C20H28N6. The Kier molecular flexibility index (Phi) is 5.18. The monoisotopic (exact) mass is 352 g/mol. The van der Waals surface area contributed by atoms with Gasteiger partial charge >= 0.3 is 0 Å². The molecule has 6 heteroatoms. The van der Waals surface area contributed by atoms with Gasteiger partial charge in [0.25, 0.3) is 0 Å². The van der Waals surface area contributed by atoms with Crippen LogP contribution in [0.4, 0.5) is 17.6 Å². The van der Waals surface area contributed by atoms with Crippen LogP contribution in [0, 0.1) is 6.92 Å². The summed E-state index contributed by atoms with van der Waals surface area (Å²) in [7, 11) is 0.